The third kappa shape index (κ3) is 6.61. The van der Waals surface area contributed by atoms with Crippen LogP contribution in [-0.4, -0.2) is 76.3 Å². The number of pyridine rings is 1. The second-order valence-corrected chi connectivity index (χ2v) is 10.2. The Morgan fingerprint density at radius 3 is 2.51 bits per heavy atom. The number of ketones is 1. The molecule has 0 bridgehead atoms. The molecule has 11 heteroatoms. The number of aromatic hydroxyl groups is 1. The van der Waals surface area contributed by atoms with E-state index in [2.05, 4.69) is 15.6 Å². The van der Waals surface area contributed by atoms with Gasteiger partial charge in [-0.2, -0.15) is 0 Å². The molecule has 2 aliphatic heterocycles. The quantitative estimate of drug-likeness (QED) is 0.402. The molecule has 0 radical (unpaired) electrons. The molecule has 2 saturated heterocycles. The lowest BCUT2D eigenvalue weighted by Gasteiger charge is -2.36. The predicted molar refractivity (Wildman–Crippen MR) is 137 cm³/mol. The van der Waals surface area contributed by atoms with Crippen molar-refractivity contribution in [1.29, 1.82) is 0 Å². The van der Waals surface area contributed by atoms with Crippen LogP contribution in [0.5, 0.6) is 5.75 Å². The van der Waals surface area contributed by atoms with E-state index in [9.17, 15) is 29.4 Å². The zero-order chi connectivity index (χ0) is 28.1. The highest BCUT2D eigenvalue weighted by Crippen LogP contribution is 2.26. The molecule has 4 rings (SSSR count). The highest BCUT2D eigenvalue weighted by molar-refractivity contribution is 6.00. The van der Waals surface area contributed by atoms with Gasteiger partial charge >= 0.3 is 5.97 Å². The molecular formula is C28H33N3O8. The first-order chi connectivity index (χ1) is 18.7. The van der Waals surface area contributed by atoms with Crippen LogP contribution in [0.15, 0.2) is 48.8 Å². The van der Waals surface area contributed by atoms with Gasteiger partial charge in [0.15, 0.2) is 11.9 Å². The normalized spacial score (nSPS) is 28.7. The van der Waals surface area contributed by atoms with Crippen molar-refractivity contribution >= 4 is 23.6 Å². The molecule has 1 aromatic heterocycles. The average Bonchev–Trinajstić information content (AvgIpc) is 2.89. The minimum atomic E-state index is -1.38. The molecule has 2 fully saturated rings. The lowest BCUT2D eigenvalue weighted by atomic mass is 9.87. The molecule has 0 spiro atoms. The molecule has 208 valence electrons. The van der Waals surface area contributed by atoms with E-state index < -0.39 is 59.7 Å². The average molecular weight is 540 g/mol. The number of carbonyl (C=O) groups excluding carboxylic acids is 4. The first kappa shape index (κ1) is 28.2. The number of phenolic OH excluding ortho intramolecular Hbond substituents is 1. The number of aliphatic hydroxyl groups is 1. The number of aliphatic hydroxyl groups excluding tert-OH is 1. The molecule has 0 aliphatic carbocycles. The second-order valence-electron chi connectivity index (χ2n) is 10.2. The fourth-order valence-electron chi connectivity index (χ4n) is 4.78. The monoisotopic (exact) mass is 539 g/mol. The number of nitrogens with zero attached hydrogens (tertiary/aromatic N) is 1. The zero-order valence-electron chi connectivity index (χ0n) is 21.8. The summed E-state index contributed by atoms with van der Waals surface area (Å²) in [5.41, 5.74) is 0.672. The lowest BCUT2D eigenvalue weighted by Crippen LogP contribution is -2.58. The minimum absolute atomic E-state index is 0.0334. The van der Waals surface area contributed by atoms with Crippen LogP contribution in [0.3, 0.4) is 0 Å². The van der Waals surface area contributed by atoms with Crippen molar-refractivity contribution in [2.75, 3.05) is 13.2 Å². The van der Waals surface area contributed by atoms with Gasteiger partial charge in [-0.05, 0) is 43.0 Å². The van der Waals surface area contributed by atoms with Crippen LogP contribution in [0.4, 0.5) is 0 Å². The smallest absolute Gasteiger partial charge is 0.312 e. The van der Waals surface area contributed by atoms with Crippen molar-refractivity contribution in [3.8, 4) is 5.75 Å². The fourth-order valence-corrected chi connectivity index (χ4v) is 4.78. The number of benzene rings is 1. The maximum atomic E-state index is 13.7. The third-order valence-corrected chi connectivity index (χ3v) is 7.26. The number of esters is 1. The van der Waals surface area contributed by atoms with Gasteiger partial charge in [0, 0.05) is 18.8 Å². The summed E-state index contributed by atoms with van der Waals surface area (Å²) in [7, 11) is 0. The Kier molecular flexibility index (Phi) is 8.93. The van der Waals surface area contributed by atoms with Crippen molar-refractivity contribution in [1.82, 2.24) is 15.6 Å². The van der Waals surface area contributed by atoms with Crippen molar-refractivity contribution in [2.45, 2.75) is 51.0 Å². The van der Waals surface area contributed by atoms with E-state index in [0.717, 1.165) is 0 Å². The number of hydrogen-bond acceptors (Lipinski definition) is 9. The molecule has 0 saturated carbocycles. The number of aromatic nitrogens is 1. The first-order valence-corrected chi connectivity index (χ1v) is 12.9. The van der Waals surface area contributed by atoms with Gasteiger partial charge in [0.2, 0.25) is 5.91 Å². The molecule has 1 unspecified atom stereocenters. The molecule has 1 aromatic carbocycles. The van der Waals surface area contributed by atoms with Gasteiger partial charge in [-0.15, -0.1) is 0 Å². The van der Waals surface area contributed by atoms with E-state index in [1.165, 1.54) is 19.1 Å². The van der Waals surface area contributed by atoms with Gasteiger partial charge in [-0.1, -0.05) is 25.1 Å². The van der Waals surface area contributed by atoms with Crippen molar-refractivity contribution in [3.05, 3.63) is 59.9 Å². The number of carbonyl (C=O) groups is 4. The van der Waals surface area contributed by atoms with E-state index in [1.807, 2.05) is 0 Å². The second kappa shape index (κ2) is 12.4. The number of Topliss-reactive ketones (excluding diaryl/α,β-unsaturated/α-hetero) is 1. The topological polar surface area (TPSA) is 164 Å². The maximum absolute atomic E-state index is 13.7. The van der Waals surface area contributed by atoms with Gasteiger partial charge < -0.3 is 30.3 Å². The number of ether oxygens (including phenoxy) is 2. The Morgan fingerprint density at radius 2 is 1.87 bits per heavy atom. The number of cyclic esters (lactones) is 1. The number of phenols is 1. The minimum Gasteiger partial charge on any atom is -0.507 e. The van der Waals surface area contributed by atoms with Crippen molar-refractivity contribution in [2.24, 2.45) is 17.8 Å². The van der Waals surface area contributed by atoms with Gasteiger partial charge in [-0.3, -0.25) is 24.2 Å². The molecule has 2 amide bonds. The number of hydrogen-bond donors (Lipinski definition) is 4. The largest absolute Gasteiger partial charge is 0.507 e. The summed E-state index contributed by atoms with van der Waals surface area (Å²) in [5.74, 6) is -4.90. The number of nitrogens with one attached hydrogen (secondary N) is 2. The Balaban J connectivity index is 1.67. The highest BCUT2D eigenvalue weighted by Gasteiger charge is 2.42. The number of amides is 2. The Morgan fingerprint density at radius 1 is 1.13 bits per heavy atom. The summed E-state index contributed by atoms with van der Waals surface area (Å²) >= 11 is 0. The van der Waals surface area contributed by atoms with E-state index in [1.54, 1.807) is 43.6 Å². The van der Waals surface area contributed by atoms with Gasteiger partial charge in [0.1, 0.15) is 11.8 Å². The highest BCUT2D eigenvalue weighted by atomic mass is 16.6. The van der Waals surface area contributed by atoms with Crippen LogP contribution in [0.1, 0.15) is 36.2 Å². The van der Waals surface area contributed by atoms with Crippen LogP contribution < -0.4 is 10.6 Å². The molecule has 4 N–H and O–H groups in total. The standard InChI is InChI=1S/C28H33N3O8/c1-15-10-22(33)25(18-13-38-14-18)39-28(37)16(2)24(34)20(11-17-6-5-9-29-12-17)30-27(36)23(15)31-26(35)19-7-3-4-8-21(19)32/h3-9,12,15-16,18,20,23-25,32,34H,10-11,13-14H2,1-2H3,(H,30,36)(H,31,35)/t15-,16+,20-,23-,24-,25?/m0/s1. The van der Waals surface area contributed by atoms with E-state index in [4.69, 9.17) is 9.47 Å². The van der Waals surface area contributed by atoms with Gasteiger partial charge in [0.25, 0.3) is 5.91 Å². The molecule has 2 aliphatic rings. The summed E-state index contributed by atoms with van der Waals surface area (Å²) in [6.07, 6.45) is 0.677. The summed E-state index contributed by atoms with van der Waals surface area (Å²) in [4.78, 5) is 57.1. The molecular weight excluding hydrogens is 506 g/mol. The summed E-state index contributed by atoms with van der Waals surface area (Å²) in [5, 5.41) is 26.8. The van der Waals surface area contributed by atoms with Crippen molar-refractivity contribution < 1.29 is 38.9 Å². The van der Waals surface area contributed by atoms with Crippen LogP contribution in [0.2, 0.25) is 0 Å². The van der Waals surface area contributed by atoms with Crippen LogP contribution in [0, 0.1) is 17.8 Å². The van der Waals surface area contributed by atoms with E-state index in [-0.39, 0.29) is 43.3 Å². The van der Waals surface area contributed by atoms with Gasteiger partial charge in [-0.25, -0.2) is 0 Å². The summed E-state index contributed by atoms with van der Waals surface area (Å²) in [6, 6.07) is 7.24. The summed E-state index contributed by atoms with van der Waals surface area (Å²) in [6.45, 7) is 3.59. The van der Waals surface area contributed by atoms with E-state index in [0.29, 0.717) is 5.56 Å². The lowest BCUT2D eigenvalue weighted by molar-refractivity contribution is -0.177. The number of rotatable bonds is 5. The summed E-state index contributed by atoms with van der Waals surface area (Å²) < 4.78 is 10.8. The van der Waals surface area contributed by atoms with Crippen molar-refractivity contribution in [3.63, 3.8) is 0 Å². The number of para-hydroxylation sites is 1. The Labute approximate surface area is 225 Å². The Hall–Kier alpha value is -3.83. The van der Waals surface area contributed by atoms with Gasteiger partial charge in [0.05, 0.1) is 42.8 Å². The SMILES string of the molecule is C[C@H]1CC(=O)C(C2COC2)OC(=O)[C@H](C)[C@H](O)[C@H](Cc2cccnc2)NC(=O)[C@H]1NC(=O)c1ccccc1O. The van der Waals surface area contributed by atoms with Crippen LogP contribution >= 0.6 is 0 Å². The van der Waals surface area contributed by atoms with Crippen LogP contribution in [-0.2, 0) is 30.3 Å². The fraction of sp³-hybridized carbons (Fsp3) is 0.464. The van der Waals surface area contributed by atoms with E-state index >= 15 is 0 Å². The molecule has 6 atom stereocenters. The first-order valence-electron chi connectivity index (χ1n) is 12.9. The molecule has 2 aromatic rings. The predicted octanol–water partition coefficient (Wildman–Crippen LogP) is 0.777. The maximum Gasteiger partial charge on any atom is 0.312 e. The third-order valence-electron chi connectivity index (χ3n) is 7.26. The Bertz CT molecular complexity index is 1200. The molecule has 11 nitrogen and oxygen atoms in total. The van der Waals surface area contributed by atoms with Crippen LogP contribution in [0.25, 0.3) is 0 Å². The molecule has 3 heterocycles. The molecule has 39 heavy (non-hydrogen) atoms. The zero-order valence-corrected chi connectivity index (χ0v) is 21.8.